The van der Waals surface area contributed by atoms with E-state index in [9.17, 15) is 4.79 Å². The van der Waals surface area contributed by atoms with Crippen molar-refractivity contribution >= 4 is 5.91 Å². The molecule has 1 saturated carbocycles. The number of hydrogen-bond acceptors (Lipinski definition) is 3. The highest BCUT2D eigenvalue weighted by atomic mass is 16.2. The van der Waals surface area contributed by atoms with Crippen molar-refractivity contribution < 1.29 is 4.79 Å². The molecule has 2 aromatic rings. The van der Waals surface area contributed by atoms with E-state index in [0.29, 0.717) is 11.5 Å². The van der Waals surface area contributed by atoms with E-state index < -0.39 is 0 Å². The summed E-state index contributed by atoms with van der Waals surface area (Å²) >= 11 is 0. The summed E-state index contributed by atoms with van der Waals surface area (Å²) in [5.74, 6) is 1.49. The summed E-state index contributed by atoms with van der Waals surface area (Å²) < 4.78 is 0. The van der Waals surface area contributed by atoms with Crippen LogP contribution in [-0.4, -0.2) is 33.9 Å². The first-order valence-electron chi connectivity index (χ1n) is 9.25. The van der Waals surface area contributed by atoms with Crippen LogP contribution >= 0.6 is 0 Å². The fourth-order valence-electron chi connectivity index (χ4n) is 3.89. The van der Waals surface area contributed by atoms with Crippen LogP contribution in [0.5, 0.6) is 0 Å². The fourth-order valence-corrected chi connectivity index (χ4v) is 3.89. The van der Waals surface area contributed by atoms with Gasteiger partial charge in [-0.3, -0.25) is 4.79 Å². The van der Waals surface area contributed by atoms with Gasteiger partial charge < -0.3 is 4.90 Å². The standard InChI is InChI=1S/C21H25N3O/c1-15-18(13-22-19(23-15)16-9-10-16)20(25)24-12-6-11-21(2,14-24)17-7-4-3-5-8-17/h3-5,7-8,13,16H,6,9-12,14H2,1-2H3/t21-/m0/s1. The fraction of sp³-hybridized carbons (Fsp3) is 0.476. The van der Waals surface area contributed by atoms with Crippen LogP contribution in [-0.2, 0) is 5.41 Å². The molecule has 1 amide bonds. The van der Waals surface area contributed by atoms with Crippen molar-refractivity contribution in [3.8, 4) is 0 Å². The molecule has 1 aliphatic heterocycles. The normalized spacial score (nSPS) is 23.5. The maximum atomic E-state index is 13.1. The molecule has 0 spiro atoms. The first-order chi connectivity index (χ1) is 12.1. The van der Waals surface area contributed by atoms with Crippen LogP contribution in [0.25, 0.3) is 0 Å². The number of likely N-dealkylation sites (tertiary alicyclic amines) is 1. The number of aromatic nitrogens is 2. The molecule has 2 aliphatic rings. The van der Waals surface area contributed by atoms with Gasteiger partial charge >= 0.3 is 0 Å². The summed E-state index contributed by atoms with van der Waals surface area (Å²) in [6, 6.07) is 10.5. The maximum absolute atomic E-state index is 13.1. The molecule has 4 heteroatoms. The Bertz CT molecular complexity index is 785. The van der Waals surface area contributed by atoms with Crippen molar-refractivity contribution in [2.24, 2.45) is 0 Å². The molecular formula is C21H25N3O. The van der Waals surface area contributed by atoms with Gasteiger partial charge in [0.2, 0.25) is 0 Å². The third-order valence-corrected chi connectivity index (χ3v) is 5.63. The van der Waals surface area contributed by atoms with Gasteiger partial charge in [0.25, 0.3) is 5.91 Å². The molecule has 2 heterocycles. The van der Waals surface area contributed by atoms with Crippen molar-refractivity contribution in [2.75, 3.05) is 13.1 Å². The molecule has 1 atom stereocenters. The van der Waals surface area contributed by atoms with Crippen molar-refractivity contribution in [3.63, 3.8) is 0 Å². The van der Waals surface area contributed by atoms with Gasteiger partial charge in [0.1, 0.15) is 5.82 Å². The lowest BCUT2D eigenvalue weighted by molar-refractivity contribution is 0.0649. The molecule has 130 valence electrons. The van der Waals surface area contributed by atoms with Gasteiger partial charge in [-0.1, -0.05) is 37.3 Å². The minimum Gasteiger partial charge on any atom is -0.338 e. The van der Waals surface area contributed by atoms with E-state index >= 15 is 0 Å². The predicted octanol–water partition coefficient (Wildman–Crippen LogP) is 3.86. The second kappa shape index (κ2) is 6.25. The first kappa shape index (κ1) is 16.2. The monoisotopic (exact) mass is 335 g/mol. The van der Waals surface area contributed by atoms with E-state index in [1.165, 1.54) is 18.4 Å². The number of piperidine rings is 1. The number of carbonyl (C=O) groups excluding carboxylic acids is 1. The number of carbonyl (C=O) groups is 1. The lowest BCUT2D eigenvalue weighted by atomic mass is 9.76. The Morgan fingerprint density at radius 2 is 2.00 bits per heavy atom. The summed E-state index contributed by atoms with van der Waals surface area (Å²) in [7, 11) is 0. The van der Waals surface area contributed by atoms with Crippen LogP contribution in [0.4, 0.5) is 0 Å². The molecule has 1 aromatic carbocycles. The molecule has 0 bridgehead atoms. The van der Waals surface area contributed by atoms with E-state index in [1.807, 2.05) is 17.9 Å². The van der Waals surface area contributed by atoms with Gasteiger partial charge in [0, 0.05) is 30.6 Å². The summed E-state index contributed by atoms with van der Waals surface area (Å²) in [4.78, 5) is 24.1. The zero-order valence-electron chi connectivity index (χ0n) is 15.0. The van der Waals surface area contributed by atoms with Crippen molar-refractivity contribution in [3.05, 3.63) is 59.2 Å². The summed E-state index contributed by atoms with van der Waals surface area (Å²) in [6.07, 6.45) is 6.23. The summed E-state index contributed by atoms with van der Waals surface area (Å²) in [5, 5.41) is 0. The molecule has 4 rings (SSSR count). The van der Waals surface area contributed by atoms with E-state index in [2.05, 4.69) is 41.2 Å². The average Bonchev–Trinajstić information content (AvgIpc) is 3.47. The zero-order valence-corrected chi connectivity index (χ0v) is 15.0. The molecule has 0 unspecified atom stereocenters. The van der Waals surface area contributed by atoms with Crippen LogP contribution in [0.1, 0.15) is 66.0 Å². The highest BCUT2D eigenvalue weighted by Gasteiger charge is 2.35. The van der Waals surface area contributed by atoms with Crippen LogP contribution in [0, 0.1) is 6.92 Å². The summed E-state index contributed by atoms with van der Waals surface area (Å²) in [6.45, 7) is 5.76. The minimum absolute atomic E-state index is 0.0118. The molecule has 1 saturated heterocycles. The minimum atomic E-state index is 0.0118. The molecule has 4 nitrogen and oxygen atoms in total. The van der Waals surface area contributed by atoms with E-state index in [-0.39, 0.29) is 11.3 Å². The number of amides is 1. The second-order valence-electron chi connectivity index (χ2n) is 7.76. The Hall–Kier alpha value is -2.23. The summed E-state index contributed by atoms with van der Waals surface area (Å²) in [5.41, 5.74) is 2.79. The Morgan fingerprint density at radius 3 is 2.68 bits per heavy atom. The van der Waals surface area contributed by atoms with Crippen molar-refractivity contribution in [1.82, 2.24) is 14.9 Å². The molecule has 2 fully saturated rings. The van der Waals surface area contributed by atoms with Gasteiger partial charge in [0.15, 0.2) is 0 Å². The first-order valence-corrected chi connectivity index (χ1v) is 9.25. The number of aryl methyl sites for hydroxylation is 1. The number of rotatable bonds is 3. The Balaban J connectivity index is 1.56. The third kappa shape index (κ3) is 3.17. The van der Waals surface area contributed by atoms with E-state index in [1.54, 1.807) is 6.20 Å². The Labute approximate surface area is 149 Å². The molecule has 0 radical (unpaired) electrons. The average molecular weight is 335 g/mol. The van der Waals surface area contributed by atoms with Crippen molar-refractivity contribution in [2.45, 2.75) is 50.9 Å². The SMILES string of the molecule is Cc1nc(C2CC2)ncc1C(=O)N1CCC[C@](C)(c2ccccc2)C1. The van der Waals surface area contributed by atoms with Crippen molar-refractivity contribution in [1.29, 1.82) is 0 Å². The molecular weight excluding hydrogens is 310 g/mol. The molecule has 1 aliphatic carbocycles. The Kier molecular flexibility index (Phi) is 4.06. The van der Waals surface area contributed by atoms with Crippen LogP contribution < -0.4 is 0 Å². The van der Waals surface area contributed by atoms with Gasteiger partial charge in [0.05, 0.1) is 11.3 Å². The predicted molar refractivity (Wildman–Crippen MR) is 97.7 cm³/mol. The quantitative estimate of drug-likeness (QED) is 0.856. The second-order valence-corrected chi connectivity index (χ2v) is 7.76. The van der Waals surface area contributed by atoms with Crippen LogP contribution in [0.2, 0.25) is 0 Å². The Morgan fingerprint density at radius 1 is 1.24 bits per heavy atom. The lowest BCUT2D eigenvalue weighted by Crippen LogP contribution is -2.47. The van der Waals surface area contributed by atoms with Gasteiger partial charge in [-0.2, -0.15) is 0 Å². The highest BCUT2D eigenvalue weighted by molar-refractivity contribution is 5.95. The molecule has 25 heavy (non-hydrogen) atoms. The smallest absolute Gasteiger partial charge is 0.257 e. The van der Waals surface area contributed by atoms with E-state index in [0.717, 1.165) is 37.4 Å². The molecule has 0 N–H and O–H groups in total. The van der Waals surface area contributed by atoms with Crippen LogP contribution in [0.3, 0.4) is 0 Å². The van der Waals surface area contributed by atoms with Gasteiger partial charge in [-0.05, 0) is 38.2 Å². The number of benzene rings is 1. The largest absolute Gasteiger partial charge is 0.338 e. The number of hydrogen-bond donors (Lipinski definition) is 0. The van der Waals surface area contributed by atoms with Gasteiger partial charge in [-0.25, -0.2) is 9.97 Å². The zero-order chi connectivity index (χ0) is 17.4. The van der Waals surface area contributed by atoms with Crippen LogP contribution in [0.15, 0.2) is 36.5 Å². The van der Waals surface area contributed by atoms with Gasteiger partial charge in [-0.15, -0.1) is 0 Å². The third-order valence-electron chi connectivity index (χ3n) is 5.63. The lowest BCUT2D eigenvalue weighted by Gasteiger charge is -2.41. The molecule has 1 aromatic heterocycles. The maximum Gasteiger partial charge on any atom is 0.257 e. The highest BCUT2D eigenvalue weighted by Crippen LogP contribution is 2.38. The topological polar surface area (TPSA) is 46.1 Å². The van der Waals surface area contributed by atoms with E-state index in [4.69, 9.17) is 0 Å². The number of nitrogens with zero attached hydrogens (tertiary/aromatic N) is 3.